The highest BCUT2D eigenvalue weighted by Crippen LogP contribution is 2.12. The fourth-order valence-corrected chi connectivity index (χ4v) is 1.35. The standard InChI is InChI=1S/C6H5O2P.C6H6O.C6H8O/c7-9-8-6-4-2-1-3-5-6;7-6-4-2-1-3-5-6;1-3-5-6(7)4-2/h1-5H;1-5,7H;3-5,7H,1-2H2/b;;6-5+. The van der Waals surface area contributed by atoms with Crippen LogP contribution < -0.4 is 4.52 Å². The second kappa shape index (κ2) is 14.1. The molecule has 0 aliphatic heterocycles. The van der Waals surface area contributed by atoms with Gasteiger partial charge in [0, 0.05) is 0 Å². The Hall–Kier alpha value is -2.84. The lowest BCUT2D eigenvalue weighted by Gasteiger charge is -1.90. The number of phenols is 1. The second-order valence-electron chi connectivity index (χ2n) is 3.85. The van der Waals surface area contributed by atoms with Crippen LogP contribution in [0.4, 0.5) is 0 Å². The number of allylic oxidation sites excluding steroid dienone is 3. The minimum atomic E-state index is -0.305. The summed E-state index contributed by atoms with van der Waals surface area (Å²) >= 11 is 0. The van der Waals surface area contributed by atoms with Gasteiger partial charge in [0.2, 0.25) is 0 Å². The molecule has 120 valence electrons. The number of benzene rings is 2. The number of para-hydroxylation sites is 2. The highest BCUT2D eigenvalue weighted by Gasteiger charge is 1.85. The molecule has 0 bridgehead atoms. The van der Waals surface area contributed by atoms with Crippen molar-refractivity contribution in [3.63, 3.8) is 0 Å². The first-order valence-electron chi connectivity index (χ1n) is 6.57. The maximum atomic E-state index is 9.85. The molecule has 5 heteroatoms. The van der Waals surface area contributed by atoms with Gasteiger partial charge in [0.25, 0.3) is 0 Å². The van der Waals surface area contributed by atoms with E-state index in [4.69, 9.17) is 10.2 Å². The molecule has 0 amide bonds. The molecule has 0 saturated carbocycles. The summed E-state index contributed by atoms with van der Waals surface area (Å²) in [4.78, 5) is 0. The summed E-state index contributed by atoms with van der Waals surface area (Å²) in [5.41, 5.74) is 0. The van der Waals surface area contributed by atoms with Gasteiger partial charge in [-0.3, -0.25) is 0 Å². The molecule has 0 saturated heterocycles. The molecule has 2 aromatic carbocycles. The first-order valence-corrected chi connectivity index (χ1v) is 7.30. The highest BCUT2D eigenvalue weighted by atomic mass is 31.1. The molecule has 0 unspecified atom stereocenters. The topological polar surface area (TPSA) is 66.8 Å². The van der Waals surface area contributed by atoms with Crippen LogP contribution in [0.15, 0.2) is 97.8 Å². The quantitative estimate of drug-likeness (QED) is 0.443. The van der Waals surface area contributed by atoms with E-state index < -0.39 is 0 Å². The third-order valence-electron chi connectivity index (χ3n) is 2.14. The number of hydrogen-bond acceptors (Lipinski definition) is 4. The van der Waals surface area contributed by atoms with Crippen LogP contribution in [-0.4, -0.2) is 10.2 Å². The lowest BCUT2D eigenvalue weighted by Crippen LogP contribution is -1.70. The molecule has 0 aliphatic carbocycles. The molecule has 0 atom stereocenters. The van der Waals surface area contributed by atoms with E-state index in [2.05, 4.69) is 17.7 Å². The third kappa shape index (κ3) is 12.6. The first-order chi connectivity index (χ1) is 11.1. The van der Waals surface area contributed by atoms with Crippen LogP contribution in [0, 0.1) is 0 Å². The van der Waals surface area contributed by atoms with E-state index in [9.17, 15) is 4.57 Å². The van der Waals surface area contributed by atoms with Crippen molar-refractivity contribution in [1.29, 1.82) is 0 Å². The molecule has 2 aromatic rings. The van der Waals surface area contributed by atoms with Gasteiger partial charge in [0.1, 0.15) is 17.3 Å². The van der Waals surface area contributed by atoms with E-state index in [0.29, 0.717) is 11.5 Å². The Bertz CT molecular complexity index is 595. The molecule has 0 fully saturated rings. The fourth-order valence-electron chi connectivity index (χ4n) is 1.14. The molecule has 4 nitrogen and oxygen atoms in total. The average molecular weight is 330 g/mol. The molecule has 2 rings (SSSR count). The normalized spacial score (nSPS) is 9.48. The van der Waals surface area contributed by atoms with Gasteiger partial charge >= 0.3 is 8.69 Å². The summed E-state index contributed by atoms with van der Waals surface area (Å²) in [6.45, 7) is 6.68. The maximum Gasteiger partial charge on any atom is 0.395 e. The van der Waals surface area contributed by atoms with Crippen molar-refractivity contribution in [2.24, 2.45) is 0 Å². The summed E-state index contributed by atoms with van der Waals surface area (Å²) in [5.74, 6) is 1.09. The molecular weight excluding hydrogens is 311 g/mol. The van der Waals surface area contributed by atoms with Crippen molar-refractivity contribution in [1.82, 2.24) is 0 Å². The highest BCUT2D eigenvalue weighted by molar-refractivity contribution is 7.17. The predicted molar refractivity (Wildman–Crippen MR) is 93.9 cm³/mol. The van der Waals surface area contributed by atoms with Crippen LogP contribution in [-0.2, 0) is 4.57 Å². The second-order valence-corrected chi connectivity index (χ2v) is 4.18. The minimum Gasteiger partial charge on any atom is -0.508 e. The van der Waals surface area contributed by atoms with E-state index in [1.807, 2.05) is 24.3 Å². The zero-order chi connectivity index (χ0) is 17.3. The third-order valence-corrected chi connectivity index (χ3v) is 2.43. The van der Waals surface area contributed by atoms with E-state index >= 15 is 0 Å². The van der Waals surface area contributed by atoms with Crippen molar-refractivity contribution in [3.05, 3.63) is 97.8 Å². The number of aliphatic hydroxyl groups is 1. The van der Waals surface area contributed by atoms with Crippen LogP contribution in [0.3, 0.4) is 0 Å². The lowest BCUT2D eigenvalue weighted by atomic mass is 10.3. The predicted octanol–water partition coefficient (Wildman–Crippen LogP) is 5.46. The summed E-state index contributed by atoms with van der Waals surface area (Å²) in [6.07, 6.45) is 4.31. The average Bonchev–Trinajstić information content (AvgIpc) is 2.58. The molecule has 23 heavy (non-hydrogen) atoms. The van der Waals surface area contributed by atoms with Gasteiger partial charge in [0.05, 0.1) is 0 Å². The van der Waals surface area contributed by atoms with Crippen molar-refractivity contribution in [2.75, 3.05) is 0 Å². The van der Waals surface area contributed by atoms with E-state index in [-0.39, 0.29) is 14.4 Å². The van der Waals surface area contributed by atoms with Crippen LogP contribution in [0.25, 0.3) is 0 Å². The monoisotopic (exact) mass is 330 g/mol. The Morgan fingerprint density at radius 2 is 1.52 bits per heavy atom. The number of aliphatic hydroxyl groups excluding tert-OH is 1. The van der Waals surface area contributed by atoms with Crippen LogP contribution in [0.2, 0.25) is 0 Å². The molecule has 0 aliphatic rings. The molecule has 0 heterocycles. The zero-order valence-electron chi connectivity index (χ0n) is 12.6. The van der Waals surface area contributed by atoms with Crippen molar-refractivity contribution < 1.29 is 19.3 Å². The Labute approximate surface area is 138 Å². The Morgan fingerprint density at radius 1 is 1.00 bits per heavy atom. The summed E-state index contributed by atoms with van der Waals surface area (Å²) in [5, 5.41) is 17.2. The molecule has 0 aromatic heterocycles. The van der Waals surface area contributed by atoms with Crippen molar-refractivity contribution in [2.45, 2.75) is 0 Å². The van der Waals surface area contributed by atoms with E-state index in [1.165, 1.54) is 18.2 Å². The molecule has 0 radical (unpaired) electrons. The Kier molecular flexibility index (Phi) is 12.4. The summed E-state index contributed by atoms with van der Waals surface area (Å²) < 4.78 is 14.5. The van der Waals surface area contributed by atoms with Gasteiger partial charge in [0.15, 0.2) is 0 Å². The van der Waals surface area contributed by atoms with Gasteiger partial charge in [-0.25, -0.2) is 4.57 Å². The van der Waals surface area contributed by atoms with Gasteiger partial charge in [-0.2, -0.15) is 0 Å². The molecular formula is C18H19O4P. The van der Waals surface area contributed by atoms with Crippen LogP contribution in [0.5, 0.6) is 11.5 Å². The first kappa shape index (κ1) is 20.2. The molecule has 2 N–H and O–H groups in total. The maximum absolute atomic E-state index is 9.85. The number of rotatable bonds is 4. The SMILES string of the molecule is C=C/C=C(/O)C=C.O=POc1ccccc1.Oc1ccccc1. The summed E-state index contributed by atoms with van der Waals surface area (Å²) in [6, 6.07) is 17.7. The Morgan fingerprint density at radius 3 is 1.83 bits per heavy atom. The molecule has 0 spiro atoms. The van der Waals surface area contributed by atoms with Gasteiger partial charge in [-0.1, -0.05) is 55.6 Å². The van der Waals surface area contributed by atoms with E-state index in [1.54, 1.807) is 36.4 Å². The van der Waals surface area contributed by atoms with Crippen molar-refractivity contribution >= 4 is 8.69 Å². The number of aromatic hydroxyl groups is 1. The van der Waals surface area contributed by atoms with Crippen LogP contribution in [0.1, 0.15) is 0 Å². The largest absolute Gasteiger partial charge is 0.508 e. The minimum absolute atomic E-state index is 0.148. The smallest absolute Gasteiger partial charge is 0.395 e. The van der Waals surface area contributed by atoms with Crippen LogP contribution >= 0.6 is 8.69 Å². The van der Waals surface area contributed by atoms with Crippen molar-refractivity contribution in [3.8, 4) is 11.5 Å². The van der Waals surface area contributed by atoms with Gasteiger partial charge in [-0.15, -0.1) is 0 Å². The number of hydrogen-bond donors (Lipinski definition) is 2. The van der Waals surface area contributed by atoms with Gasteiger partial charge in [-0.05, 0) is 36.4 Å². The fraction of sp³-hybridized carbons (Fsp3) is 0. The van der Waals surface area contributed by atoms with Gasteiger partial charge < -0.3 is 14.7 Å². The number of phenolic OH excluding ortho intramolecular Hbond substituents is 1. The Balaban J connectivity index is 0.000000320. The summed E-state index contributed by atoms with van der Waals surface area (Å²) in [7, 11) is -0.305. The van der Waals surface area contributed by atoms with E-state index in [0.717, 1.165) is 0 Å². The zero-order valence-corrected chi connectivity index (χ0v) is 13.5. The lowest BCUT2D eigenvalue weighted by molar-refractivity contribution is 0.433.